The fraction of sp³-hybridized carbons (Fsp3) is 0.462. The van der Waals surface area contributed by atoms with E-state index in [1.807, 2.05) is 25.1 Å². The van der Waals surface area contributed by atoms with Gasteiger partial charge in [-0.25, -0.2) is 0 Å². The van der Waals surface area contributed by atoms with Gasteiger partial charge < -0.3 is 9.64 Å². The summed E-state index contributed by atoms with van der Waals surface area (Å²) in [6.07, 6.45) is 0.466. The van der Waals surface area contributed by atoms with Crippen LogP contribution in [0.15, 0.2) is 18.2 Å². The fourth-order valence-corrected chi connectivity index (χ4v) is 1.85. The molecular weight excluding hydrogens is 234 g/mol. The van der Waals surface area contributed by atoms with Crippen molar-refractivity contribution in [1.82, 2.24) is 4.90 Å². The quantitative estimate of drug-likeness (QED) is 0.816. The maximum Gasteiger partial charge on any atom is 0.223 e. The third kappa shape index (κ3) is 3.97. The highest BCUT2D eigenvalue weighted by atomic mass is 32.1. The highest BCUT2D eigenvalue weighted by Crippen LogP contribution is 2.21. The smallest absolute Gasteiger partial charge is 0.223 e. The summed E-state index contributed by atoms with van der Waals surface area (Å²) in [5, 5.41) is 0. The second-order valence-electron chi connectivity index (χ2n) is 4.04. The summed E-state index contributed by atoms with van der Waals surface area (Å²) in [5.41, 5.74) is 2.19. The average Bonchev–Trinajstić information content (AvgIpc) is 2.29. The van der Waals surface area contributed by atoms with Crippen LogP contribution >= 0.6 is 12.6 Å². The largest absolute Gasteiger partial charge is 0.496 e. The first-order chi connectivity index (χ1) is 8.08. The molecule has 0 spiro atoms. The fourth-order valence-electron chi connectivity index (χ4n) is 1.66. The van der Waals surface area contributed by atoms with Crippen molar-refractivity contribution in [2.75, 3.05) is 19.9 Å². The van der Waals surface area contributed by atoms with Crippen LogP contribution in [0, 0.1) is 6.92 Å². The predicted molar refractivity (Wildman–Crippen MR) is 72.7 cm³/mol. The van der Waals surface area contributed by atoms with Crippen molar-refractivity contribution >= 4 is 18.5 Å². The van der Waals surface area contributed by atoms with Gasteiger partial charge in [-0.3, -0.25) is 4.79 Å². The SMILES string of the molecule is COc1ccc(C)cc1CN(C)C(=O)CCS. The van der Waals surface area contributed by atoms with Gasteiger partial charge >= 0.3 is 0 Å². The second-order valence-corrected chi connectivity index (χ2v) is 4.49. The van der Waals surface area contributed by atoms with Crippen LogP contribution in [0.2, 0.25) is 0 Å². The van der Waals surface area contributed by atoms with E-state index in [4.69, 9.17) is 4.74 Å². The number of nitrogens with zero attached hydrogens (tertiary/aromatic N) is 1. The number of carbonyl (C=O) groups excluding carboxylic acids is 1. The number of hydrogen-bond donors (Lipinski definition) is 1. The molecule has 0 aliphatic heterocycles. The molecule has 0 aliphatic rings. The molecule has 0 aromatic heterocycles. The molecule has 17 heavy (non-hydrogen) atoms. The number of amides is 1. The zero-order valence-electron chi connectivity index (χ0n) is 10.6. The molecule has 1 aromatic carbocycles. The Morgan fingerprint density at radius 3 is 2.76 bits per heavy atom. The maximum atomic E-state index is 11.7. The summed E-state index contributed by atoms with van der Waals surface area (Å²) in [5.74, 6) is 1.50. The number of methoxy groups -OCH3 is 1. The molecule has 0 radical (unpaired) electrons. The third-order valence-electron chi connectivity index (χ3n) is 2.59. The summed E-state index contributed by atoms with van der Waals surface area (Å²) in [4.78, 5) is 13.4. The first kappa shape index (κ1) is 13.9. The second kappa shape index (κ2) is 6.55. The van der Waals surface area contributed by atoms with Crippen molar-refractivity contribution in [3.05, 3.63) is 29.3 Å². The normalized spacial score (nSPS) is 10.1. The average molecular weight is 253 g/mol. The van der Waals surface area contributed by atoms with Crippen molar-refractivity contribution in [1.29, 1.82) is 0 Å². The Hall–Kier alpha value is -1.16. The van der Waals surface area contributed by atoms with Gasteiger partial charge in [-0.05, 0) is 18.7 Å². The van der Waals surface area contributed by atoms with Gasteiger partial charge in [-0.2, -0.15) is 12.6 Å². The molecule has 0 unspecified atom stereocenters. The van der Waals surface area contributed by atoms with Gasteiger partial charge in [0.05, 0.1) is 7.11 Å². The Bertz CT molecular complexity index is 393. The predicted octanol–water partition coefficient (Wildman–Crippen LogP) is 2.28. The van der Waals surface area contributed by atoms with Crippen LogP contribution in [0.1, 0.15) is 17.5 Å². The van der Waals surface area contributed by atoms with Gasteiger partial charge in [0.15, 0.2) is 0 Å². The van der Waals surface area contributed by atoms with Crippen molar-refractivity contribution in [3.63, 3.8) is 0 Å². The highest BCUT2D eigenvalue weighted by Gasteiger charge is 2.11. The minimum atomic E-state index is 0.101. The minimum Gasteiger partial charge on any atom is -0.496 e. The molecule has 4 heteroatoms. The molecule has 1 rings (SSSR count). The molecule has 1 amide bonds. The van der Waals surface area contributed by atoms with E-state index >= 15 is 0 Å². The van der Waals surface area contributed by atoms with Gasteiger partial charge in [0.2, 0.25) is 5.91 Å². The molecule has 0 heterocycles. The van der Waals surface area contributed by atoms with Crippen LogP contribution in [0.25, 0.3) is 0 Å². The lowest BCUT2D eigenvalue weighted by Gasteiger charge is -2.19. The Balaban J connectivity index is 2.79. The van der Waals surface area contributed by atoms with E-state index in [9.17, 15) is 4.79 Å². The molecule has 0 aliphatic carbocycles. The monoisotopic (exact) mass is 253 g/mol. The van der Waals surface area contributed by atoms with E-state index in [1.54, 1.807) is 19.1 Å². The standard InChI is InChI=1S/C13H19NO2S/c1-10-4-5-12(16-3)11(8-10)9-14(2)13(15)6-7-17/h4-5,8,17H,6-7,9H2,1-3H3. The van der Waals surface area contributed by atoms with Crippen LogP contribution in [0.3, 0.4) is 0 Å². The number of aryl methyl sites for hydroxylation is 1. The zero-order chi connectivity index (χ0) is 12.8. The topological polar surface area (TPSA) is 29.5 Å². The number of carbonyl (C=O) groups is 1. The van der Waals surface area contributed by atoms with Gasteiger partial charge in [0.25, 0.3) is 0 Å². The molecule has 94 valence electrons. The highest BCUT2D eigenvalue weighted by molar-refractivity contribution is 7.80. The van der Waals surface area contributed by atoms with Gasteiger partial charge in [0.1, 0.15) is 5.75 Å². The van der Waals surface area contributed by atoms with E-state index in [1.165, 1.54) is 0 Å². The lowest BCUT2D eigenvalue weighted by molar-refractivity contribution is -0.129. The van der Waals surface area contributed by atoms with Crippen LogP contribution < -0.4 is 4.74 Å². The number of rotatable bonds is 5. The van der Waals surface area contributed by atoms with Crippen molar-refractivity contribution in [2.24, 2.45) is 0 Å². The first-order valence-corrected chi connectivity index (χ1v) is 6.20. The molecule has 0 atom stereocenters. The molecule has 0 fully saturated rings. The Morgan fingerprint density at radius 2 is 2.18 bits per heavy atom. The van der Waals surface area contributed by atoms with Crippen molar-refractivity contribution in [3.8, 4) is 5.75 Å². The Kier molecular flexibility index (Phi) is 5.35. The summed E-state index contributed by atoms with van der Waals surface area (Å²) in [7, 11) is 3.44. The van der Waals surface area contributed by atoms with Crippen molar-refractivity contribution < 1.29 is 9.53 Å². The number of hydrogen-bond acceptors (Lipinski definition) is 3. The minimum absolute atomic E-state index is 0.101. The Labute approximate surface area is 108 Å². The van der Waals surface area contributed by atoms with E-state index in [0.717, 1.165) is 16.9 Å². The lowest BCUT2D eigenvalue weighted by Crippen LogP contribution is -2.26. The lowest BCUT2D eigenvalue weighted by atomic mass is 10.1. The number of thiol groups is 1. The van der Waals surface area contributed by atoms with Crippen LogP contribution in [-0.4, -0.2) is 30.7 Å². The molecule has 0 bridgehead atoms. The van der Waals surface area contributed by atoms with Gasteiger partial charge in [-0.15, -0.1) is 0 Å². The summed E-state index contributed by atoms with van der Waals surface area (Å²) < 4.78 is 5.29. The maximum absolute atomic E-state index is 11.7. The summed E-state index contributed by atoms with van der Waals surface area (Å²) >= 11 is 4.06. The van der Waals surface area contributed by atoms with Crippen LogP contribution in [-0.2, 0) is 11.3 Å². The number of benzene rings is 1. The van der Waals surface area contributed by atoms with Gasteiger partial charge in [0, 0.05) is 25.6 Å². The number of ether oxygens (including phenoxy) is 1. The first-order valence-electron chi connectivity index (χ1n) is 5.56. The van der Waals surface area contributed by atoms with Crippen LogP contribution in [0.4, 0.5) is 0 Å². The molecule has 3 nitrogen and oxygen atoms in total. The Morgan fingerprint density at radius 1 is 1.47 bits per heavy atom. The van der Waals surface area contributed by atoms with Crippen molar-refractivity contribution in [2.45, 2.75) is 19.9 Å². The van der Waals surface area contributed by atoms with Crippen LogP contribution in [0.5, 0.6) is 5.75 Å². The van der Waals surface area contributed by atoms with E-state index in [0.29, 0.717) is 18.7 Å². The molecule has 0 saturated heterocycles. The van der Waals surface area contributed by atoms with E-state index in [2.05, 4.69) is 12.6 Å². The van der Waals surface area contributed by atoms with E-state index in [-0.39, 0.29) is 5.91 Å². The summed E-state index contributed by atoms with van der Waals surface area (Å²) in [6.45, 7) is 2.59. The summed E-state index contributed by atoms with van der Waals surface area (Å²) in [6, 6.07) is 5.97. The third-order valence-corrected chi connectivity index (χ3v) is 2.82. The molecule has 0 N–H and O–H groups in total. The molecular formula is C13H19NO2S. The molecule has 0 saturated carbocycles. The zero-order valence-corrected chi connectivity index (χ0v) is 11.5. The van der Waals surface area contributed by atoms with Gasteiger partial charge in [-0.1, -0.05) is 17.7 Å². The van der Waals surface area contributed by atoms with E-state index < -0.39 is 0 Å². The molecule has 1 aromatic rings.